The molecule has 0 heterocycles. The number of nitrogens with zero attached hydrogens (tertiary/aromatic N) is 1. The van der Waals surface area contributed by atoms with Gasteiger partial charge in [-0.25, -0.2) is 18.4 Å². The molecule has 0 spiro atoms. The first-order valence-electron chi connectivity index (χ1n) is 12.6. The van der Waals surface area contributed by atoms with E-state index in [2.05, 4.69) is 5.32 Å². The van der Waals surface area contributed by atoms with Crippen LogP contribution in [0.3, 0.4) is 0 Å². The van der Waals surface area contributed by atoms with Crippen LogP contribution in [0.5, 0.6) is 11.5 Å². The first kappa shape index (κ1) is 29.4. The summed E-state index contributed by atoms with van der Waals surface area (Å²) in [6, 6.07) is 17.8. The van der Waals surface area contributed by atoms with Gasteiger partial charge >= 0.3 is 12.0 Å². The van der Waals surface area contributed by atoms with E-state index in [1.165, 1.54) is 48.5 Å². The summed E-state index contributed by atoms with van der Waals surface area (Å²) in [5.41, 5.74) is 1.25. The lowest BCUT2D eigenvalue weighted by molar-refractivity contribution is -0.149. The first-order chi connectivity index (χ1) is 18.8. The van der Waals surface area contributed by atoms with Crippen molar-refractivity contribution in [2.45, 2.75) is 25.9 Å². The Kier molecular flexibility index (Phi) is 11.5. The number of aliphatic carboxylic acids is 1. The van der Waals surface area contributed by atoms with Crippen LogP contribution in [0, 0.1) is 11.6 Å². The average Bonchev–Trinajstić information content (AvgIpc) is 2.92. The molecule has 0 fully saturated rings. The summed E-state index contributed by atoms with van der Waals surface area (Å²) in [6.07, 6.45) is -0.171. The van der Waals surface area contributed by atoms with E-state index in [9.17, 15) is 23.5 Å². The number of halogens is 2. The Labute approximate surface area is 226 Å². The lowest BCUT2D eigenvalue weighted by atomic mass is 10.1. The predicted octanol–water partition coefficient (Wildman–Crippen LogP) is 5.38. The second kappa shape index (κ2) is 15.3. The largest absolute Gasteiger partial charge is 0.494 e. The molecule has 3 aromatic carbocycles. The zero-order valence-electron chi connectivity index (χ0n) is 21.6. The number of carbonyl (C=O) groups is 2. The quantitative estimate of drug-likeness (QED) is 0.250. The number of carbonyl (C=O) groups excluding carboxylic acids is 1. The van der Waals surface area contributed by atoms with E-state index in [4.69, 9.17) is 14.2 Å². The number of urea groups is 1. The minimum atomic E-state index is -1.01. The van der Waals surface area contributed by atoms with Crippen LogP contribution in [0.25, 0.3) is 0 Å². The number of rotatable bonds is 15. The van der Waals surface area contributed by atoms with Crippen molar-refractivity contribution in [3.63, 3.8) is 0 Å². The van der Waals surface area contributed by atoms with Gasteiger partial charge < -0.3 is 29.5 Å². The maximum Gasteiger partial charge on any atom is 0.333 e. The minimum Gasteiger partial charge on any atom is -0.494 e. The molecule has 0 aromatic heterocycles. The lowest BCUT2D eigenvalue weighted by Gasteiger charge is -2.23. The van der Waals surface area contributed by atoms with Crippen LogP contribution in [0.2, 0.25) is 0 Å². The van der Waals surface area contributed by atoms with Crippen LogP contribution in [0.4, 0.5) is 19.3 Å². The molecule has 208 valence electrons. The lowest BCUT2D eigenvalue weighted by Crippen LogP contribution is -2.39. The van der Waals surface area contributed by atoms with E-state index >= 15 is 0 Å². The summed E-state index contributed by atoms with van der Waals surface area (Å²) < 4.78 is 43.0. The van der Waals surface area contributed by atoms with Gasteiger partial charge in [-0.1, -0.05) is 12.1 Å². The summed E-state index contributed by atoms with van der Waals surface area (Å²) in [4.78, 5) is 25.8. The maximum absolute atomic E-state index is 13.2. The van der Waals surface area contributed by atoms with Gasteiger partial charge in [0.25, 0.3) is 0 Å². The Morgan fingerprint density at radius 2 is 1.41 bits per heavy atom. The van der Waals surface area contributed by atoms with Gasteiger partial charge in [0.05, 0.1) is 13.2 Å². The average molecular weight is 543 g/mol. The molecule has 2 amide bonds. The molecule has 3 aromatic rings. The number of nitrogens with one attached hydrogen (secondary N) is 1. The molecular formula is C29H32F2N2O6. The number of hydrogen-bond acceptors (Lipinski definition) is 5. The van der Waals surface area contributed by atoms with Crippen LogP contribution in [0.15, 0.2) is 72.8 Å². The predicted molar refractivity (Wildman–Crippen MR) is 142 cm³/mol. The highest BCUT2D eigenvalue weighted by Crippen LogP contribution is 2.16. The van der Waals surface area contributed by atoms with Gasteiger partial charge in [-0.3, -0.25) is 0 Å². The van der Waals surface area contributed by atoms with Crippen molar-refractivity contribution in [3.8, 4) is 11.5 Å². The van der Waals surface area contributed by atoms with Crippen molar-refractivity contribution in [1.29, 1.82) is 0 Å². The molecule has 0 aliphatic heterocycles. The zero-order chi connectivity index (χ0) is 28.0. The standard InChI is InChI=1S/C29H32F2N2O6/c1-2-37-27(28(34)35)20-21-4-12-25(13-5-21)39-19-17-33(29(36)32-24-10-6-22(30)7-11-24)16-3-18-38-26-14-8-23(31)9-15-26/h4-15,27H,2-3,16-20H2,1H3,(H,32,36)(H,34,35). The Morgan fingerprint density at radius 1 is 0.846 bits per heavy atom. The SMILES string of the molecule is CCOC(Cc1ccc(OCCN(CCCOc2ccc(F)cc2)C(=O)Nc2ccc(F)cc2)cc1)C(=O)O. The number of ether oxygens (including phenoxy) is 3. The van der Waals surface area contributed by atoms with Crippen LogP contribution >= 0.6 is 0 Å². The van der Waals surface area contributed by atoms with Gasteiger partial charge in [0.15, 0.2) is 6.10 Å². The summed E-state index contributed by atoms with van der Waals surface area (Å²) in [5.74, 6) is -0.671. The Hall–Kier alpha value is -4.18. The highest BCUT2D eigenvalue weighted by atomic mass is 19.1. The number of carboxylic acid groups (broad SMARTS) is 1. The van der Waals surface area contributed by atoms with Crippen molar-refractivity contribution in [3.05, 3.63) is 90.0 Å². The molecule has 0 aliphatic rings. The fourth-order valence-corrected chi connectivity index (χ4v) is 3.66. The van der Waals surface area contributed by atoms with Crippen molar-refractivity contribution in [2.24, 2.45) is 0 Å². The van der Waals surface area contributed by atoms with Crippen molar-refractivity contribution in [1.82, 2.24) is 4.90 Å². The van der Waals surface area contributed by atoms with Gasteiger partial charge in [0.1, 0.15) is 29.7 Å². The molecule has 2 N–H and O–H groups in total. The number of hydrogen-bond donors (Lipinski definition) is 2. The first-order valence-corrected chi connectivity index (χ1v) is 12.6. The number of anilines is 1. The molecule has 1 unspecified atom stereocenters. The third kappa shape index (κ3) is 10.2. The second-order valence-corrected chi connectivity index (χ2v) is 8.56. The molecule has 3 rings (SSSR count). The summed E-state index contributed by atoms with van der Waals surface area (Å²) in [7, 11) is 0. The Bertz CT molecular complexity index is 1170. The number of amides is 2. The van der Waals surface area contributed by atoms with Crippen LogP contribution in [0.1, 0.15) is 18.9 Å². The molecule has 0 saturated heterocycles. The third-order valence-electron chi connectivity index (χ3n) is 5.66. The molecular weight excluding hydrogens is 510 g/mol. The normalized spacial score (nSPS) is 11.5. The van der Waals surface area contributed by atoms with Crippen LogP contribution in [-0.4, -0.2) is 61.0 Å². The molecule has 8 nitrogen and oxygen atoms in total. The Balaban J connectivity index is 1.53. The van der Waals surface area contributed by atoms with Crippen molar-refractivity contribution in [2.75, 3.05) is 38.2 Å². The van der Waals surface area contributed by atoms with E-state index in [0.29, 0.717) is 43.4 Å². The minimum absolute atomic E-state index is 0.200. The van der Waals surface area contributed by atoms with Gasteiger partial charge in [-0.15, -0.1) is 0 Å². The Morgan fingerprint density at radius 3 is 2.00 bits per heavy atom. The number of carboxylic acids is 1. The molecule has 39 heavy (non-hydrogen) atoms. The van der Waals surface area contributed by atoms with Crippen LogP contribution in [-0.2, 0) is 16.0 Å². The smallest absolute Gasteiger partial charge is 0.333 e. The third-order valence-corrected chi connectivity index (χ3v) is 5.66. The fraction of sp³-hybridized carbons (Fsp3) is 0.310. The highest BCUT2D eigenvalue weighted by Gasteiger charge is 2.18. The van der Waals surface area contributed by atoms with E-state index < -0.39 is 17.9 Å². The molecule has 0 radical (unpaired) electrons. The molecule has 10 heteroatoms. The van der Waals surface area contributed by atoms with Crippen LogP contribution < -0.4 is 14.8 Å². The van der Waals surface area contributed by atoms with E-state index in [0.717, 1.165) is 5.56 Å². The molecule has 1 atom stereocenters. The fourth-order valence-electron chi connectivity index (χ4n) is 3.66. The second-order valence-electron chi connectivity index (χ2n) is 8.56. The van der Waals surface area contributed by atoms with E-state index in [-0.39, 0.29) is 31.4 Å². The van der Waals surface area contributed by atoms with Gasteiger partial charge in [-0.05, 0) is 79.6 Å². The van der Waals surface area contributed by atoms with Gasteiger partial charge in [0.2, 0.25) is 0 Å². The van der Waals surface area contributed by atoms with Gasteiger partial charge in [0, 0.05) is 25.3 Å². The summed E-state index contributed by atoms with van der Waals surface area (Å²) >= 11 is 0. The molecule has 0 aliphatic carbocycles. The maximum atomic E-state index is 13.2. The molecule has 0 saturated carbocycles. The van der Waals surface area contributed by atoms with E-state index in [1.54, 1.807) is 36.1 Å². The monoisotopic (exact) mass is 542 g/mol. The highest BCUT2D eigenvalue weighted by molar-refractivity contribution is 5.89. The molecule has 0 bridgehead atoms. The van der Waals surface area contributed by atoms with Crippen molar-refractivity contribution >= 4 is 17.7 Å². The van der Waals surface area contributed by atoms with Gasteiger partial charge in [-0.2, -0.15) is 0 Å². The van der Waals surface area contributed by atoms with E-state index in [1.807, 2.05) is 0 Å². The summed E-state index contributed by atoms with van der Waals surface area (Å²) in [6.45, 7) is 3.18. The number of benzene rings is 3. The summed E-state index contributed by atoms with van der Waals surface area (Å²) in [5, 5.41) is 12.0. The van der Waals surface area contributed by atoms with Crippen molar-refractivity contribution < 1.29 is 37.7 Å². The zero-order valence-corrected chi connectivity index (χ0v) is 21.6. The topological polar surface area (TPSA) is 97.3 Å².